The molecule has 1 heterocycles. The van der Waals surface area contributed by atoms with Crippen LogP contribution in [0.25, 0.3) is 0 Å². The molecule has 1 saturated carbocycles. The monoisotopic (exact) mass is 247 g/mol. The van der Waals surface area contributed by atoms with Gasteiger partial charge in [-0.3, -0.25) is 4.98 Å². The summed E-state index contributed by atoms with van der Waals surface area (Å²) in [5.74, 6) is 0. The van der Waals surface area contributed by atoms with Crippen LogP contribution in [0.15, 0.2) is 24.4 Å². The Morgan fingerprint density at radius 2 is 2.06 bits per heavy atom. The van der Waals surface area contributed by atoms with Crippen molar-refractivity contribution in [1.29, 1.82) is 0 Å². The van der Waals surface area contributed by atoms with E-state index in [1.807, 2.05) is 18.3 Å². The molecule has 2 rings (SSSR count). The number of aromatic nitrogens is 1. The minimum Gasteiger partial charge on any atom is -0.324 e. The summed E-state index contributed by atoms with van der Waals surface area (Å²) in [6.07, 6.45) is 9.18. The van der Waals surface area contributed by atoms with E-state index < -0.39 is 0 Å². The van der Waals surface area contributed by atoms with Crippen LogP contribution >= 0.6 is 0 Å². The molecule has 1 aromatic heterocycles. The van der Waals surface area contributed by atoms with Gasteiger partial charge in [-0.05, 0) is 32.0 Å². The average Bonchev–Trinajstić information content (AvgIpc) is 2.38. The Balaban J connectivity index is 1.76. The number of nitrogens with zero attached hydrogens (tertiary/aromatic N) is 2. The molecule has 0 saturated heterocycles. The van der Waals surface area contributed by atoms with Crippen LogP contribution in [-0.4, -0.2) is 35.6 Å². The number of likely N-dealkylation sites (N-methyl/N-ethyl adjacent to an activating group) is 1. The van der Waals surface area contributed by atoms with Crippen molar-refractivity contribution in [2.45, 2.75) is 44.1 Å². The summed E-state index contributed by atoms with van der Waals surface area (Å²) in [4.78, 5) is 6.72. The summed E-state index contributed by atoms with van der Waals surface area (Å²) < 4.78 is 0. The number of rotatable bonds is 5. The highest BCUT2D eigenvalue weighted by molar-refractivity contribution is 5.03. The predicted molar refractivity (Wildman–Crippen MR) is 75.4 cm³/mol. The molecule has 0 amide bonds. The van der Waals surface area contributed by atoms with E-state index in [4.69, 9.17) is 5.73 Å². The topological polar surface area (TPSA) is 42.2 Å². The van der Waals surface area contributed by atoms with E-state index in [2.05, 4.69) is 23.0 Å². The Kier molecular flexibility index (Phi) is 4.72. The van der Waals surface area contributed by atoms with E-state index in [0.717, 1.165) is 19.5 Å². The van der Waals surface area contributed by atoms with Crippen LogP contribution in [0.3, 0.4) is 0 Å². The minimum atomic E-state index is 0.0527. The maximum absolute atomic E-state index is 6.47. The smallest absolute Gasteiger partial charge is 0.0416 e. The molecule has 0 spiro atoms. The van der Waals surface area contributed by atoms with Crippen LogP contribution in [-0.2, 0) is 6.42 Å². The van der Waals surface area contributed by atoms with Crippen LogP contribution in [0.1, 0.15) is 37.8 Å². The van der Waals surface area contributed by atoms with E-state index >= 15 is 0 Å². The van der Waals surface area contributed by atoms with Crippen LogP contribution in [0.5, 0.6) is 0 Å². The zero-order valence-corrected chi connectivity index (χ0v) is 11.4. The van der Waals surface area contributed by atoms with E-state index in [-0.39, 0.29) is 5.54 Å². The zero-order valence-electron chi connectivity index (χ0n) is 11.4. The third-order valence-electron chi connectivity index (χ3n) is 3.91. The second-order valence-corrected chi connectivity index (χ2v) is 5.73. The lowest BCUT2D eigenvalue weighted by Crippen LogP contribution is -2.50. The molecule has 1 aromatic rings. The lowest BCUT2D eigenvalue weighted by atomic mass is 9.82. The first-order valence-corrected chi connectivity index (χ1v) is 7.05. The van der Waals surface area contributed by atoms with Crippen LogP contribution in [0.4, 0.5) is 0 Å². The van der Waals surface area contributed by atoms with Crippen molar-refractivity contribution in [1.82, 2.24) is 9.88 Å². The number of nitrogens with two attached hydrogens (primary N) is 1. The van der Waals surface area contributed by atoms with Gasteiger partial charge in [0.1, 0.15) is 0 Å². The van der Waals surface area contributed by atoms with Gasteiger partial charge in [0.05, 0.1) is 0 Å². The summed E-state index contributed by atoms with van der Waals surface area (Å²) in [6, 6.07) is 6.10. The van der Waals surface area contributed by atoms with Gasteiger partial charge in [0.15, 0.2) is 0 Å². The lowest BCUT2D eigenvalue weighted by molar-refractivity contribution is 0.199. The molecule has 0 unspecified atom stereocenters. The molecular formula is C15H25N3. The quantitative estimate of drug-likeness (QED) is 0.867. The molecule has 1 aliphatic carbocycles. The van der Waals surface area contributed by atoms with E-state index in [9.17, 15) is 0 Å². The molecule has 2 N–H and O–H groups in total. The molecule has 1 fully saturated rings. The van der Waals surface area contributed by atoms with Gasteiger partial charge in [0.2, 0.25) is 0 Å². The lowest BCUT2D eigenvalue weighted by Gasteiger charge is -2.36. The summed E-state index contributed by atoms with van der Waals surface area (Å²) in [5.41, 5.74) is 7.69. The summed E-state index contributed by atoms with van der Waals surface area (Å²) in [6.45, 7) is 2.05. The molecule has 0 aliphatic heterocycles. The molecule has 3 heteroatoms. The zero-order chi connectivity index (χ0) is 12.8. The number of hydrogen-bond acceptors (Lipinski definition) is 3. The van der Waals surface area contributed by atoms with Crippen molar-refractivity contribution in [2.24, 2.45) is 5.73 Å². The Bertz CT molecular complexity index is 344. The van der Waals surface area contributed by atoms with Crippen molar-refractivity contribution in [3.8, 4) is 0 Å². The summed E-state index contributed by atoms with van der Waals surface area (Å²) >= 11 is 0. The molecule has 0 aromatic carbocycles. The largest absolute Gasteiger partial charge is 0.324 e. The van der Waals surface area contributed by atoms with Crippen LogP contribution < -0.4 is 5.73 Å². The Hall–Kier alpha value is -0.930. The predicted octanol–water partition coefficient (Wildman–Crippen LogP) is 2.22. The van der Waals surface area contributed by atoms with Crippen molar-refractivity contribution < 1.29 is 0 Å². The first kappa shape index (κ1) is 13.5. The first-order chi connectivity index (χ1) is 8.68. The Morgan fingerprint density at radius 1 is 1.28 bits per heavy atom. The SMILES string of the molecule is CN(CCc1ccccn1)CC1(N)CCCCC1. The average molecular weight is 247 g/mol. The fraction of sp³-hybridized carbons (Fsp3) is 0.667. The highest BCUT2D eigenvalue weighted by atomic mass is 15.1. The standard InChI is InChI=1S/C15H25N3/c1-18(12-8-14-7-3-6-11-17-14)13-15(16)9-4-2-5-10-15/h3,6-7,11H,2,4-5,8-10,12-13,16H2,1H3. The molecule has 18 heavy (non-hydrogen) atoms. The van der Waals surface area contributed by atoms with Crippen molar-refractivity contribution in [3.05, 3.63) is 30.1 Å². The Labute approximate surface area is 110 Å². The molecule has 3 nitrogen and oxygen atoms in total. The molecule has 100 valence electrons. The highest BCUT2D eigenvalue weighted by Gasteiger charge is 2.28. The fourth-order valence-electron chi connectivity index (χ4n) is 2.88. The molecule has 0 radical (unpaired) electrons. The summed E-state index contributed by atoms with van der Waals surface area (Å²) in [5, 5.41) is 0. The second-order valence-electron chi connectivity index (χ2n) is 5.73. The van der Waals surface area contributed by atoms with Crippen LogP contribution in [0, 0.1) is 0 Å². The third kappa shape index (κ3) is 4.07. The molecule has 1 aliphatic rings. The number of hydrogen-bond donors (Lipinski definition) is 1. The second kappa shape index (κ2) is 6.30. The van der Waals surface area contributed by atoms with Gasteiger partial charge in [-0.2, -0.15) is 0 Å². The van der Waals surface area contributed by atoms with Gasteiger partial charge in [-0.15, -0.1) is 0 Å². The first-order valence-electron chi connectivity index (χ1n) is 7.05. The molecule has 0 atom stereocenters. The van der Waals surface area contributed by atoms with Crippen molar-refractivity contribution in [3.63, 3.8) is 0 Å². The highest BCUT2D eigenvalue weighted by Crippen LogP contribution is 2.26. The molecular weight excluding hydrogens is 222 g/mol. The fourth-order valence-corrected chi connectivity index (χ4v) is 2.88. The van der Waals surface area contributed by atoms with Crippen molar-refractivity contribution >= 4 is 0 Å². The Morgan fingerprint density at radius 3 is 2.72 bits per heavy atom. The van der Waals surface area contributed by atoms with Gasteiger partial charge in [-0.25, -0.2) is 0 Å². The van der Waals surface area contributed by atoms with Gasteiger partial charge in [0.25, 0.3) is 0 Å². The molecule has 0 bridgehead atoms. The van der Waals surface area contributed by atoms with Gasteiger partial charge in [-0.1, -0.05) is 25.3 Å². The van der Waals surface area contributed by atoms with Crippen LogP contribution in [0.2, 0.25) is 0 Å². The summed E-state index contributed by atoms with van der Waals surface area (Å²) in [7, 11) is 2.17. The van der Waals surface area contributed by atoms with Gasteiger partial charge in [0, 0.05) is 36.9 Å². The van der Waals surface area contributed by atoms with E-state index in [1.165, 1.54) is 37.8 Å². The maximum atomic E-state index is 6.47. The maximum Gasteiger partial charge on any atom is 0.0416 e. The number of pyridine rings is 1. The van der Waals surface area contributed by atoms with E-state index in [1.54, 1.807) is 0 Å². The normalized spacial score (nSPS) is 19.1. The van der Waals surface area contributed by atoms with Gasteiger partial charge >= 0.3 is 0 Å². The van der Waals surface area contributed by atoms with Crippen molar-refractivity contribution in [2.75, 3.05) is 20.1 Å². The minimum absolute atomic E-state index is 0.0527. The van der Waals surface area contributed by atoms with E-state index in [0.29, 0.717) is 0 Å². The van der Waals surface area contributed by atoms with Gasteiger partial charge < -0.3 is 10.6 Å². The third-order valence-corrected chi connectivity index (χ3v) is 3.91.